The zero-order valence-corrected chi connectivity index (χ0v) is 15.3. The Morgan fingerprint density at radius 1 is 1.28 bits per heavy atom. The molecule has 25 heavy (non-hydrogen) atoms. The number of aromatic nitrogens is 4. The van der Waals surface area contributed by atoms with Crippen molar-refractivity contribution in [1.29, 1.82) is 0 Å². The lowest BCUT2D eigenvalue weighted by Gasteiger charge is -2.12. The van der Waals surface area contributed by atoms with E-state index < -0.39 is 0 Å². The second-order valence-corrected chi connectivity index (χ2v) is 6.17. The van der Waals surface area contributed by atoms with Crippen LogP contribution < -0.4 is 10.2 Å². The summed E-state index contributed by atoms with van der Waals surface area (Å²) in [5, 5.41) is 7.67. The molecular weight excluding hydrogens is 358 g/mol. The van der Waals surface area contributed by atoms with Crippen molar-refractivity contribution in [3.05, 3.63) is 58.1 Å². The van der Waals surface area contributed by atoms with E-state index in [1.807, 2.05) is 30.3 Å². The van der Waals surface area contributed by atoms with Crippen molar-refractivity contribution >= 4 is 23.8 Å². The summed E-state index contributed by atoms with van der Waals surface area (Å²) in [6.07, 6.45) is 4.37. The summed E-state index contributed by atoms with van der Waals surface area (Å²) in [6.45, 7) is 3.25. The third kappa shape index (κ3) is 4.18. The van der Waals surface area contributed by atoms with Crippen LogP contribution in [0, 0.1) is 4.77 Å². The number of hydrogen-bond acceptors (Lipinski definition) is 5. The lowest BCUT2D eigenvalue weighted by molar-refractivity contribution is 0.317. The molecule has 0 bridgehead atoms. The van der Waals surface area contributed by atoms with Crippen LogP contribution in [0.3, 0.4) is 0 Å². The van der Waals surface area contributed by atoms with Crippen LogP contribution >= 0.6 is 23.8 Å². The largest absolute Gasteiger partial charge is 0.492 e. The molecule has 1 aromatic carbocycles. The third-order valence-electron chi connectivity index (χ3n) is 3.51. The van der Waals surface area contributed by atoms with Gasteiger partial charge in [-0.1, -0.05) is 24.6 Å². The molecule has 0 aliphatic rings. The average Bonchev–Trinajstić information content (AvgIpc) is 3.00. The Morgan fingerprint density at radius 2 is 2.08 bits per heavy atom. The number of benzene rings is 1. The Balaban J connectivity index is 1.75. The highest BCUT2D eigenvalue weighted by molar-refractivity contribution is 7.71. The second-order valence-electron chi connectivity index (χ2n) is 5.37. The number of nitrogens with zero attached hydrogens (tertiary/aromatic N) is 3. The van der Waals surface area contributed by atoms with Crippen LogP contribution in [0.5, 0.6) is 5.75 Å². The summed E-state index contributed by atoms with van der Waals surface area (Å²) < 4.78 is 7.82. The molecule has 0 unspecified atom stereocenters. The highest BCUT2D eigenvalue weighted by atomic mass is 35.5. The number of halogens is 1. The van der Waals surface area contributed by atoms with Crippen LogP contribution in [-0.4, -0.2) is 26.5 Å². The van der Waals surface area contributed by atoms with Crippen LogP contribution in [0.1, 0.15) is 18.9 Å². The van der Waals surface area contributed by atoms with E-state index in [9.17, 15) is 0 Å². The average molecular weight is 376 g/mol. The molecule has 3 aromatic rings. The van der Waals surface area contributed by atoms with E-state index in [1.165, 1.54) is 0 Å². The summed E-state index contributed by atoms with van der Waals surface area (Å²) >= 11 is 11.6. The smallest absolute Gasteiger partial charge is 0.214 e. The van der Waals surface area contributed by atoms with E-state index in [1.54, 1.807) is 17.1 Å². The Bertz CT molecular complexity index is 894. The maximum atomic E-state index is 6.28. The topological polar surface area (TPSA) is 67.8 Å². The molecule has 130 valence electrons. The van der Waals surface area contributed by atoms with Gasteiger partial charge in [0.25, 0.3) is 0 Å². The predicted molar refractivity (Wildman–Crippen MR) is 101 cm³/mol. The summed E-state index contributed by atoms with van der Waals surface area (Å²) in [6, 6.07) is 9.49. The summed E-state index contributed by atoms with van der Waals surface area (Å²) in [7, 11) is 0. The number of nitrogens with one attached hydrogen (secondary N) is 2. The number of pyridine rings is 1. The molecule has 0 aliphatic carbocycles. The molecular formula is C17H18ClN5OS. The van der Waals surface area contributed by atoms with Gasteiger partial charge in [0, 0.05) is 18.0 Å². The second kappa shape index (κ2) is 8.13. The van der Waals surface area contributed by atoms with Gasteiger partial charge in [-0.3, -0.25) is 4.98 Å². The lowest BCUT2D eigenvalue weighted by Crippen LogP contribution is -2.16. The Labute approximate surface area is 155 Å². The van der Waals surface area contributed by atoms with Gasteiger partial charge in [0.05, 0.1) is 18.2 Å². The summed E-state index contributed by atoms with van der Waals surface area (Å²) in [4.78, 5) is 4.02. The quantitative estimate of drug-likeness (QED) is 0.606. The number of H-pyrrole nitrogens is 1. The third-order valence-corrected chi connectivity index (χ3v) is 4.08. The molecule has 0 saturated heterocycles. The number of hydrogen-bond donors (Lipinski definition) is 2. The minimum Gasteiger partial charge on any atom is -0.492 e. The van der Waals surface area contributed by atoms with E-state index in [0.29, 0.717) is 34.5 Å². The van der Waals surface area contributed by atoms with Crippen LogP contribution in [0.15, 0.2) is 42.7 Å². The van der Waals surface area contributed by atoms with E-state index >= 15 is 0 Å². The molecule has 0 aliphatic heterocycles. The van der Waals surface area contributed by atoms with Crippen molar-refractivity contribution in [1.82, 2.24) is 19.9 Å². The molecule has 0 atom stereocenters. The zero-order valence-electron chi connectivity index (χ0n) is 13.7. The number of rotatable bonds is 7. The van der Waals surface area contributed by atoms with Crippen LogP contribution in [0.25, 0.3) is 11.4 Å². The first-order chi connectivity index (χ1) is 12.2. The summed E-state index contributed by atoms with van der Waals surface area (Å²) in [5.74, 6) is 1.39. The van der Waals surface area contributed by atoms with E-state index in [0.717, 1.165) is 17.5 Å². The molecule has 0 saturated carbocycles. The van der Waals surface area contributed by atoms with Gasteiger partial charge in [0.15, 0.2) is 5.82 Å². The van der Waals surface area contributed by atoms with Crippen molar-refractivity contribution in [3.63, 3.8) is 0 Å². The van der Waals surface area contributed by atoms with Gasteiger partial charge in [-0.25, -0.2) is 9.77 Å². The maximum absolute atomic E-state index is 6.28. The van der Waals surface area contributed by atoms with Gasteiger partial charge in [-0.15, -0.1) is 0 Å². The first kappa shape index (κ1) is 17.4. The standard InChI is InChI=1S/C17H18ClN5OS/c1-2-9-24-15-4-3-12(10-14(15)18)11-20-23-16(21-22-17(23)25)13-5-7-19-8-6-13/h3-8,10,20H,2,9,11H2,1H3,(H,22,25). The van der Waals surface area contributed by atoms with E-state index in [2.05, 4.69) is 27.5 Å². The van der Waals surface area contributed by atoms with E-state index in [-0.39, 0.29) is 0 Å². The van der Waals surface area contributed by atoms with Crippen molar-refractivity contribution in [2.24, 2.45) is 0 Å². The Hall–Kier alpha value is -2.38. The molecule has 0 amide bonds. The van der Waals surface area contributed by atoms with Gasteiger partial charge >= 0.3 is 0 Å². The molecule has 8 heteroatoms. The maximum Gasteiger partial charge on any atom is 0.214 e. The van der Waals surface area contributed by atoms with Gasteiger partial charge in [-0.2, -0.15) is 5.10 Å². The van der Waals surface area contributed by atoms with Gasteiger partial charge in [0.2, 0.25) is 4.77 Å². The highest BCUT2D eigenvalue weighted by Crippen LogP contribution is 2.25. The molecule has 2 heterocycles. The van der Waals surface area contributed by atoms with Crippen LogP contribution in [0.4, 0.5) is 0 Å². The van der Waals surface area contributed by atoms with E-state index in [4.69, 9.17) is 28.6 Å². The molecule has 2 N–H and O–H groups in total. The van der Waals surface area contributed by atoms with Crippen LogP contribution in [-0.2, 0) is 6.54 Å². The first-order valence-corrected chi connectivity index (χ1v) is 8.70. The van der Waals surface area contributed by atoms with Gasteiger partial charge < -0.3 is 10.2 Å². The van der Waals surface area contributed by atoms with Crippen molar-refractivity contribution in [3.8, 4) is 17.1 Å². The van der Waals surface area contributed by atoms with Gasteiger partial charge in [-0.05, 0) is 48.5 Å². The highest BCUT2D eigenvalue weighted by Gasteiger charge is 2.09. The molecule has 0 fully saturated rings. The fraction of sp³-hybridized carbons (Fsp3) is 0.235. The first-order valence-electron chi connectivity index (χ1n) is 7.92. The molecule has 3 rings (SSSR count). The van der Waals surface area contributed by atoms with Gasteiger partial charge in [0.1, 0.15) is 5.75 Å². The molecule has 0 radical (unpaired) electrons. The number of ether oxygens (including phenoxy) is 1. The minimum absolute atomic E-state index is 0.487. The van der Waals surface area contributed by atoms with Crippen molar-refractivity contribution in [2.75, 3.05) is 12.0 Å². The predicted octanol–water partition coefficient (Wildman–Crippen LogP) is 4.19. The Morgan fingerprint density at radius 3 is 2.80 bits per heavy atom. The molecule has 6 nitrogen and oxygen atoms in total. The van der Waals surface area contributed by atoms with Crippen molar-refractivity contribution < 1.29 is 4.74 Å². The monoisotopic (exact) mass is 375 g/mol. The molecule has 2 aromatic heterocycles. The lowest BCUT2D eigenvalue weighted by atomic mass is 10.2. The fourth-order valence-corrected chi connectivity index (χ4v) is 2.75. The minimum atomic E-state index is 0.487. The fourth-order valence-electron chi connectivity index (χ4n) is 2.29. The molecule has 0 spiro atoms. The normalized spacial score (nSPS) is 10.6. The summed E-state index contributed by atoms with van der Waals surface area (Å²) in [5.41, 5.74) is 5.19. The van der Waals surface area contributed by atoms with Crippen molar-refractivity contribution in [2.45, 2.75) is 19.9 Å². The Kier molecular flexibility index (Phi) is 5.67. The van der Waals surface area contributed by atoms with Crippen LogP contribution in [0.2, 0.25) is 5.02 Å². The SMILES string of the molecule is CCCOc1ccc(CNn2c(-c3ccncc3)n[nH]c2=S)cc1Cl. The number of aromatic amines is 1. The zero-order chi connectivity index (χ0) is 17.6.